The molecule has 1 aromatic carbocycles. The SMILES string of the molecule is CCNC(=NCc1nc(-c2ccco2)n[nH]1)NCCc1ccc2c(c1)CCO2.I. The van der Waals surface area contributed by atoms with Crippen LogP contribution in [0.5, 0.6) is 5.75 Å². The number of hydrogen-bond donors (Lipinski definition) is 3. The summed E-state index contributed by atoms with van der Waals surface area (Å²) in [6.45, 7) is 4.81. The molecule has 1 aliphatic heterocycles. The number of ether oxygens (including phenoxy) is 1. The van der Waals surface area contributed by atoms with E-state index >= 15 is 0 Å². The topological polar surface area (TPSA) is 100 Å². The van der Waals surface area contributed by atoms with E-state index in [0.717, 1.165) is 44.2 Å². The van der Waals surface area contributed by atoms with Crippen molar-refractivity contribution < 1.29 is 9.15 Å². The van der Waals surface area contributed by atoms with Gasteiger partial charge in [0, 0.05) is 19.5 Å². The molecule has 0 saturated heterocycles. The fourth-order valence-corrected chi connectivity index (χ4v) is 3.10. The molecule has 29 heavy (non-hydrogen) atoms. The quantitative estimate of drug-likeness (QED) is 0.258. The number of aliphatic imine (C=N–C) groups is 1. The van der Waals surface area contributed by atoms with Gasteiger partial charge in [-0.15, -0.1) is 29.1 Å². The highest BCUT2D eigenvalue weighted by atomic mass is 127. The van der Waals surface area contributed by atoms with Gasteiger partial charge in [-0.1, -0.05) is 12.1 Å². The molecule has 0 unspecified atom stereocenters. The molecule has 0 saturated carbocycles. The van der Waals surface area contributed by atoms with Crippen molar-refractivity contribution in [3.05, 3.63) is 53.5 Å². The van der Waals surface area contributed by atoms with Gasteiger partial charge in [0.05, 0.1) is 12.9 Å². The number of aromatic nitrogens is 3. The number of fused-ring (bicyclic) bond motifs is 1. The number of H-pyrrole nitrogens is 1. The van der Waals surface area contributed by atoms with Crippen LogP contribution in [0.4, 0.5) is 0 Å². The molecule has 3 aromatic rings. The van der Waals surface area contributed by atoms with Crippen LogP contribution in [0.25, 0.3) is 11.6 Å². The Labute approximate surface area is 186 Å². The van der Waals surface area contributed by atoms with Gasteiger partial charge in [0.15, 0.2) is 11.7 Å². The molecule has 3 N–H and O–H groups in total. The molecule has 3 heterocycles. The summed E-state index contributed by atoms with van der Waals surface area (Å²) in [4.78, 5) is 8.99. The van der Waals surface area contributed by atoms with Crippen LogP contribution < -0.4 is 15.4 Å². The number of nitrogens with zero attached hydrogens (tertiary/aromatic N) is 3. The highest BCUT2D eigenvalue weighted by Gasteiger charge is 2.12. The summed E-state index contributed by atoms with van der Waals surface area (Å²) in [5.41, 5.74) is 2.60. The van der Waals surface area contributed by atoms with Crippen molar-refractivity contribution in [3.8, 4) is 17.3 Å². The van der Waals surface area contributed by atoms with E-state index in [1.807, 2.05) is 19.1 Å². The van der Waals surface area contributed by atoms with E-state index in [1.54, 1.807) is 6.26 Å². The van der Waals surface area contributed by atoms with Crippen LogP contribution in [0.2, 0.25) is 0 Å². The van der Waals surface area contributed by atoms with Gasteiger partial charge in [-0.05, 0) is 42.7 Å². The minimum Gasteiger partial charge on any atom is -0.493 e. The highest BCUT2D eigenvalue weighted by Crippen LogP contribution is 2.25. The first-order valence-electron chi connectivity index (χ1n) is 9.54. The van der Waals surface area contributed by atoms with Crippen molar-refractivity contribution >= 4 is 29.9 Å². The van der Waals surface area contributed by atoms with Crippen LogP contribution >= 0.6 is 24.0 Å². The second kappa shape index (κ2) is 10.3. The third kappa shape index (κ3) is 5.49. The smallest absolute Gasteiger partial charge is 0.216 e. The van der Waals surface area contributed by atoms with Crippen molar-refractivity contribution in [1.82, 2.24) is 25.8 Å². The van der Waals surface area contributed by atoms with E-state index in [-0.39, 0.29) is 24.0 Å². The first-order valence-corrected chi connectivity index (χ1v) is 9.54. The zero-order valence-corrected chi connectivity index (χ0v) is 18.6. The van der Waals surface area contributed by atoms with Gasteiger partial charge >= 0.3 is 0 Å². The summed E-state index contributed by atoms with van der Waals surface area (Å²) in [6, 6.07) is 10.1. The average Bonchev–Trinajstić information content (AvgIpc) is 3.46. The van der Waals surface area contributed by atoms with E-state index in [4.69, 9.17) is 9.15 Å². The highest BCUT2D eigenvalue weighted by molar-refractivity contribution is 14.0. The lowest BCUT2D eigenvalue weighted by Crippen LogP contribution is -2.38. The normalized spacial score (nSPS) is 12.8. The molecule has 0 bridgehead atoms. The molecule has 0 amide bonds. The predicted molar refractivity (Wildman–Crippen MR) is 122 cm³/mol. The summed E-state index contributed by atoms with van der Waals surface area (Å²) in [5.74, 6) is 3.63. The monoisotopic (exact) mass is 508 g/mol. The molecule has 8 nitrogen and oxygen atoms in total. The average molecular weight is 508 g/mol. The van der Waals surface area contributed by atoms with Gasteiger partial charge < -0.3 is 19.8 Å². The molecular weight excluding hydrogens is 483 g/mol. The predicted octanol–water partition coefficient (Wildman–Crippen LogP) is 2.92. The molecule has 2 aromatic heterocycles. The number of benzene rings is 1. The zero-order valence-electron chi connectivity index (χ0n) is 16.3. The van der Waals surface area contributed by atoms with E-state index in [0.29, 0.717) is 24.0 Å². The van der Waals surface area contributed by atoms with E-state index < -0.39 is 0 Å². The second-order valence-electron chi connectivity index (χ2n) is 6.50. The van der Waals surface area contributed by atoms with Crippen molar-refractivity contribution in [3.63, 3.8) is 0 Å². The Bertz CT molecular complexity index is 938. The Hall–Kier alpha value is -2.56. The molecule has 4 rings (SSSR count). The van der Waals surface area contributed by atoms with Gasteiger partial charge in [-0.25, -0.2) is 9.98 Å². The standard InChI is InChI=1S/C20H24N6O2.HI/c1-2-21-20(22-9-7-14-5-6-16-15(12-14)8-11-28-16)23-13-18-24-19(26-25-18)17-4-3-10-27-17;/h3-6,10,12H,2,7-9,11,13H2,1H3,(H2,21,22,23)(H,24,25,26);1H. The Morgan fingerprint density at radius 1 is 1.28 bits per heavy atom. The minimum atomic E-state index is 0. The molecule has 1 aliphatic rings. The lowest BCUT2D eigenvalue weighted by molar-refractivity contribution is 0.357. The minimum absolute atomic E-state index is 0. The Balaban J connectivity index is 0.00000240. The Kier molecular flexibility index (Phi) is 7.50. The summed E-state index contributed by atoms with van der Waals surface area (Å²) in [6.07, 6.45) is 3.52. The Morgan fingerprint density at radius 3 is 3.03 bits per heavy atom. The zero-order chi connectivity index (χ0) is 19.2. The molecular formula is C20H25IN6O2. The lowest BCUT2D eigenvalue weighted by atomic mass is 10.1. The first kappa shape index (κ1) is 21.2. The van der Waals surface area contributed by atoms with Gasteiger partial charge in [0.1, 0.15) is 18.1 Å². The number of furan rings is 1. The molecule has 0 radical (unpaired) electrons. The first-order chi connectivity index (χ1) is 13.8. The maximum atomic E-state index is 5.56. The van der Waals surface area contributed by atoms with Gasteiger partial charge in [0.25, 0.3) is 0 Å². The summed E-state index contributed by atoms with van der Waals surface area (Å²) in [7, 11) is 0. The van der Waals surface area contributed by atoms with Crippen LogP contribution in [0, 0.1) is 0 Å². The van der Waals surface area contributed by atoms with Gasteiger partial charge in [-0.3, -0.25) is 5.10 Å². The summed E-state index contributed by atoms with van der Waals surface area (Å²) >= 11 is 0. The van der Waals surface area contributed by atoms with E-state index in [1.165, 1.54) is 11.1 Å². The summed E-state index contributed by atoms with van der Waals surface area (Å²) in [5, 5.41) is 13.7. The number of rotatable bonds is 7. The number of nitrogens with one attached hydrogen (secondary N) is 3. The third-order valence-electron chi connectivity index (χ3n) is 4.46. The molecule has 9 heteroatoms. The van der Waals surface area contributed by atoms with Crippen molar-refractivity contribution in [2.45, 2.75) is 26.3 Å². The number of guanidine groups is 1. The van der Waals surface area contributed by atoms with Gasteiger partial charge in [-0.2, -0.15) is 0 Å². The van der Waals surface area contributed by atoms with E-state index in [9.17, 15) is 0 Å². The van der Waals surface area contributed by atoms with Crippen molar-refractivity contribution in [1.29, 1.82) is 0 Å². The number of aromatic amines is 1. The molecule has 0 atom stereocenters. The third-order valence-corrected chi connectivity index (χ3v) is 4.46. The Morgan fingerprint density at radius 2 is 2.21 bits per heavy atom. The van der Waals surface area contributed by atoms with Crippen LogP contribution in [-0.4, -0.2) is 40.8 Å². The largest absolute Gasteiger partial charge is 0.493 e. The second-order valence-corrected chi connectivity index (χ2v) is 6.50. The fourth-order valence-electron chi connectivity index (χ4n) is 3.10. The van der Waals surface area contributed by atoms with Gasteiger partial charge in [0.2, 0.25) is 5.82 Å². The number of halogens is 1. The molecule has 0 spiro atoms. The van der Waals surface area contributed by atoms with E-state index in [2.05, 4.69) is 49.0 Å². The van der Waals surface area contributed by atoms with Crippen LogP contribution in [0.1, 0.15) is 23.9 Å². The molecule has 0 aliphatic carbocycles. The van der Waals surface area contributed by atoms with Crippen molar-refractivity contribution in [2.75, 3.05) is 19.7 Å². The summed E-state index contributed by atoms with van der Waals surface area (Å²) < 4.78 is 10.9. The number of hydrogen-bond acceptors (Lipinski definition) is 5. The van der Waals surface area contributed by atoms with Crippen LogP contribution in [0.3, 0.4) is 0 Å². The van der Waals surface area contributed by atoms with Crippen LogP contribution in [0.15, 0.2) is 46.0 Å². The molecule has 0 fully saturated rings. The maximum Gasteiger partial charge on any atom is 0.216 e. The maximum absolute atomic E-state index is 5.56. The van der Waals surface area contributed by atoms with Crippen LogP contribution in [-0.2, 0) is 19.4 Å². The lowest BCUT2D eigenvalue weighted by Gasteiger charge is -2.11. The molecule has 154 valence electrons. The van der Waals surface area contributed by atoms with Crippen molar-refractivity contribution in [2.24, 2.45) is 4.99 Å². The fraction of sp³-hybridized carbons (Fsp3) is 0.350.